The number of ether oxygens (including phenoxy) is 1. The highest BCUT2D eigenvalue weighted by Crippen LogP contribution is 2.08. The summed E-state index contributed by atoms with van der Waals surface area (Å²) in [4.78, 5) is 15.7. The predicted octanol–water partition coefficient (Wildman–Crippen LogP) is 6.94. The number of carbonyl (C=O) groups is 1. The molecule has 0 atom stereocenters. The first-order valence-corrected chi connectivity index (χ1v) is 10.7. The standard InChI is InChI=1S/C24H37NO2/c1-2-3-4-5-6-7-8-9-10-11-12-13-14-15-16-19-24(26)27-22-23-18-17-20-25-21-23/h6-7,10-11,17-18,20-21H,2-5,8-9,12-16,19,22H2,1H3/b7-6-,11-10-. The van der Waals surface area contributed by atoms with Crippen LogP contribution in [0.3, 0.4) is 0 Å². The minimum atomic E-state index is -0.110. The summed E-state index contributed by atoms with van der Waals surface area (Å²) in [6.07, 6.45) is 26.2. The highest BCUT2D eigenvalue weighted by molar-refractivity contribution is 5.69. The molecule has 0 bridgehead atoms. The molecule has 0 radical (unpaired) electrons. The first-order valence-electron chi connectivity index (χ1n) is 10.7. The molecule has 0 spiro atoms. The Balaban J connectivity index is 1.86. The van der Waals surface area contributed by atoms with Gasteiger partial charge in [-0.25, -0.2) is 0 Å². The first kappa shape index (κ1) is 23.1. The lowest BCUT2D eigenvalue weighted by Crippen LogP contribution is -2.04. The minimum Gasteiger partial charge on any atom is -0.461 e. The van der Waals surface area contributed by atoms with Crippen molar-refractivity contribution in [1.29, 1.82) is 0 Å². The topological polar surface area (TPSA) is 39.2 Å². The lowest BCUT2D eigenvalue weighted by molar-refractivity contribution is -0.145. The van der Waals surface area contributed by atoms with Crippen LogP contribution in [0, 0.1) is 0 Å². The number of aromatic nitrogens is 1. The van der Waals surface area contributed by atoms with Crippen LogP contribution in [-0.2, 0) is 16.1 Å². The average Bonchev–Trinajstić information content (AvgIpc) is 2.70. The highest BCUT2D eigenvalue weighted by atomic mass is 16.5. The van der Waals surface area contributed by atoms with Crippen LogP contribution in [0.4, 0.5) is 0 Å². The molecule has 27 heavy (non-hydrogen) atoms. The van der Waals surface area contributed by atoms with Crippen LogP contribution < -0.4 is 0 Å². The van der Waals surface area contributed by atoms with Gasteiger partial charge in [0.05, 0.1) is 0 Å². The van der Waals surface area contributed by atoms with Gasteiger partial charge in [-0.05, 0) is 51.0 Å². The van der Waals surface area contributed by atoms with Crippen LogP contribution in [-0.4, -0.2) is 11.0 Å². The predicted molar refractivity (Wildman–Crippen MR) is 113 cm³/mol. The third-order valence-corrected chi connectivity index (χ3v) is 4.43. The van der Waals surface area contributed by atoms with E-state index in [0.29, 0.717) is 13.0 Å². The van der Waals surface area contributed by atoms with E-state index in [1.54, 1.807) is 12.4 Å². The molecule has 1 rings (SSSR count). The molecule has 0 aliphatic carbocycles. The number of unbranched alkanes of at least 4 members (excludes halogenated alkanes) is 8. The molecule has 0 aliphatic heterocycles. The Morgan fingerprint density at radius 2 is 1.59 bits per heavy atom. The van der Waals surface area contributed by atoms with E-state index in [4.69, 9.17) is 4.74 Å². The lowest BCUT2D eigenvalue weighted by Gasteiger charge is -2.04. The summed E-state index contributed by atoms with van der Waals surface area (Å²) < 4.78 is 5.25. The lowest BCUT2D eigenvalue weighted by atomic mass is 10.1. The van der Waals surface area contributed by atoms with Crippen molar-refractivity contribution in [2.45, 2.75) is 90.6 Å². The van der Waals surface area contributed by atoms with Crippen molar-refractivity contribution in [2.75, 3.05) is 0 Å². The molecule has 0 amide bonds. The fraction of sp³-hybridized carbons (Fsp3) is 0.583. The van der Waals surface area contributed by atoms with Gasteiger partial charge in [0.15, 0.2) is 0 Å². The van der Waals surface area contributed by atoms with Gasteiger partial charge in [0.25, 0.3) is 0 Å². The third-order valence-electron chi connectivity index (χ3n) is 4.43. The van der Waals surface area contributed by atoms with Gasteiger partial charge in [0.1, 0.15) is 6.61 Å². The average molecular weight is 372 g/mol. The smallest absolute Gasteiger partial charge is 0.306 e. The van der Waals surface area contributed by atoms with Crippen molar-refractivity contribution in [3.8, 4) is 0 Å². The van der Waals surface area contributed by atoms with E-state index in [2.05, 4.69) is 36.2 Å². The van der Waals surface area contributed by atoms with Crippen molar-refractivity contribution in [3.05, 3.63) is 54.4 Å². The summed E-state index contributed by atoms with van der Waals surface area (Å²) in [5.41, 5.74) is 0.935. The van der Waals surface area contributed by atoms with Crippen molar-refractivity contribution >= 4 is 5.97 Å². The molecular weight excluding hydrogens is 334 g/mol. The molecular formula is C24H37NO2. The van der Waals surface area contributed by atoms with E-state index in [9.17, 15) is 4.79 Å². The number of rotatable bonds is 16. The Bertz CT molecular complexity index is 522. The van der Waals surface area contributed by atoms with E-state index in [0.717, 1.165) is 37.7 Å². The fourth-order valence-corrected chi connectivity index (χ4v) is 2.78. The van der Waals surface area contributed by atoms with Crippen LogP contribution in [0.1, 0.15) is 89.5 Å². The molecule has 0 N–H and O–H groups in total. The number of esters is 1. The summed E-state index contributed by atoms with van der Waals surface area (Å²) in [5, 5.41) is 0. The van der Waals surface area contributed by atoms with Crippen LogP contribution in [0.15, 0.2) is 48.8 Å². The molecule has 1 aromatic rings. The monoisotopic (exact) mass is 371 g/mol. The van der Waals surface area contributed by atoms with Crippen molar-refractivity contribution in [2.24, 2.45) is 0 Å². The second kappa shape index (κ2) is 17.5. The van der Waals surface area contributed by atoms with Crippen LogP contribution in [0.2, 0.25) is 0 Å². The molecule has 0 saturated carbocycles. The zero-order valence-corrected chi connectivity index (χ0v) is 17.1. The van der Waals surface area contributed by atoms with Crippen LogP contribution in [0.5, 0.6) is 0 Å². The number of hydrogen-bond acceptors (Lipinski definition) is 3. The zero-order chi connectivity index (χ0) is 19.4. The number of carbonyl (C=O) groups excluding carboxylic acids is 1. The Morgan fingerprint density at radius 3 is 2.26 bits per heavy atom. The second-order valence-corrected chi connectivity index (χ2v) is 6.99. The number of pyridine rings is 1. The quantitative estimate of drug-likeness (QED) is 0.179. The number of allylic oxidation sites excluding steroid dienone is 4. The SMILES string of the molecule is CCCCC/C=C\CC/C=C\CCCCCCC(=O)OCc1cccnc1. The molecule has 150 valence electrons. The van der Waals surface area contributed by atoms with E-state index in [1.165, 1.54) is 38.5 Å². The maximum Gasteiger partial charge on any atom is 0.306 e. The molecule has 3 heteroatoms. The molecule has 1 aromatic heterocycles. The van der Waals surface area contributed by atoms with Crippen molar-refractivity contribution in [3.63, 3.8) is 0 Å². The van der Waals surface area contributed by atoms with Gasteiger partial charge in [-0.3, -0.25) is 9.78 Å². The summed E-state index contributed by atoms with van der Waals surface area (Å²) >= 11 is 0. The number of nitrogens with zero attached hydrogens (tertiary/aromatic N) is 1. The van der Waals surface area contributed by atoms with E-state index in [1.807, 2.05) is 12.1 Å². The Hall–Kier alpha value is -1.90. The normalized spacial score (nSPS) is 11.4. The summed E-state index contributed by atoms with van der Waals surface area (Å²) in [5.74, 6) is -0.110. The van der Waals surface area contributed by atoms with E-state index in [-0.39, 0.29) is 5.97 Å². The van der Waals surface area contributed by atoms with Crippen LogP contribution >= 0.6 is 0 Å². The fourth-order valence-electron chi connectivity index (χ4n) is 2.78. The highest BCUT2D eigenvalue weighted by Gasteiger charge is 2.03. The van der Waals surface area contributed by atoms with Gasteiger partial charge >= 0.3 is 5.97 Å². The van der Waals surface area contributed by atoms with Gasteiger partial charge in [-0.15, -0.1) is 0 Å². The molecule has 1 heterocycles. The minimum absolute atomic E-state index is 0.110. The van der Waals surface area contributed by atoms with Gasteiger partial charge in [-0.1, -0.05) is 63.0 Å². The molecule has 3 nitrogen and oxygen atoms in total. The summed E-state index contributed by atoms with van der Waals surface area (Å²) in [7, 11) is 0. The first-order chi connectivity index (χ1) is 13.3. The molecule has 0 saturated heterocycles. The summed E-state index contributed by atoms with van der Waals surface area (Å²) in [6.45, 7) is 2.57. The maximum absolute atomic E-state index is 11.7. The third kappa shape index (κ3) is 14.9. The Kier molecular flexibility index (Phi) is 15.0. The second-order valence-electron chi connectivity index (χ2n) is 6.99. The van der Waals surface area contributed by atoms with Crippen molar-refractivity contribution in [1.82, 2.24) is 4.98 Å². The van der Waals surface area contributed by atoms with Gasteiger partial charge in [0, 0.05) is 24.4 Å². The van der Waals surface area contributed by atoms with Gasteiger partial charge in [-0.2, -0.15) is 0 Å². The molecule has 0 unspecified atom stereocenters. The maximum atomic E-state index is 11.7. The number of hydrogen-bond donors (Lipinski definition) is 0. The van der Waals surface area contributed by atoms with Crippen molar-refractivity contribution < 1.29 is 9.53 Å². The van der Waals surface area contributed by atoms with Gasteiger partial charge in [0.2, 0.25) is 0 Å². The Labute approximate surface area is 165 Å². The summed E-state index contributed by atoms with van der Waals surface area (Å²) in [6, 6.07) is 3.76. The van der Waals surface area contributed by atoms with Gasteiger partial charge < -0.3 is 4.74 Å². The molecule has 0 fully saturated rings. The van der Waals surface area contributed by atoms with E-state index < -0.39 is 0 Å². The van der Waals surface area contributed by atoms with E-state index >= 15 is 0 Å². The largest absolute Gasteiger partial charge is 0.461 e. The zero-order valence-electron chi connectivity index (χ0n) is 17.1. The molecule has 0 aliphatic rings. The van der Waals surface area contributed by atoms with Crippen LogP contribution in [0.25, 0.3) is 0 Å². The molecule has 0 aromatic carbocycles. The Morgan fingerprint density at radius 1 is 0.926 bits per heavy atom.